The van der Waals surface area contributed by atoms with Crippen LogP contribution < -0.4 is 4.74 Å². The molecule has 0 aromatic heterocycles. The lowest BCUT2D eigenvalue weighted by atomic mass is 10.1. The van der Waals surface area contributed by atoms with Crippen LogP contribution in [0.5, 0.6) is 5.75 Å². The largest absolute Gasteiger partial charge is 0.489 e. The van der Waals surface area contributed by atoms with Crippen molar-refractivity contribution in [2.75, 3.05) is 13.1 Å². The predicted octanol–water partition coefficient (Wildman–Crippen LogP) is 4.39. The number of benzene rings is 2. The van der Waals surface area contributed by atoms with Crippen LogP contribution in [0.1, 0.15) is 29.5 Å². The topological polar surface area (TPSA) is 36.3 Å². The fraction of sp³-hybridized carbons (Fsp3) is 0.316. The zero-order valence-electron chi connectivity index (χ0n) is 13.0. The lowest BCUT2D eigenvalue weighted by molar-refractivity contribution is 0.285. The van der Waals surface area contributed by atoms with E-state index >= 15 is 0 Å². The second kappa shape index (κ2) is 7.50. The molecule has 2 aromatic carbocycles. The highest BCUT2D eigenvalue weighted by atomic mass is 35.5. The van der Waals surface area contributed by atoms with E-state index in [1.165, 1.54) is 12.8 Å². The van der Waals surface area contributed by atoms with Crippen molar-refractivity contribution < 1.29 is 4.74 Å². The van der Waals surface area contributed by atoms with Crippen LogP contribution in [0.4, 0.5) is 0 Å². The summed E-state index contributed by atoms with van der Waals surface area (Å²) in [6.45, 7) is 3.50. The molecule has 2 aromatic rings. The SMILES string of the molecule is N#Cc1ccccc1COc1ccc(Cl)cc1CN1CCCC1. The minimum Gasteiger partial charge on any atom is -0.489 e. The van der Waals surface area contributed by atoms with Crippen molar-refractivity contribution in [3.63, 3.8) is 0 Å². The minimum atomic E-state index is 0.387. The molecule has 1 fully saturated rings. The Morgan fingerprint density at radius 1 is 1.09 bits per heavy atom. The summed E-state index contributed by atoms with van der Waals surface area (Å²) in [6, 6.07) is 15.5. The third-order valence-electron chi connectivity index (χ3n) is 4.14. The van der Waals surface area contributed by atoms with Crippen molar-refractivity contribution in [2.24, 2.45) is 0 Å². The van der Waals surface area contributed by atoms with Crippen LogP contribution in [-0.2, 0) is 13.2 Å². The first kappa shape index (κ1) is 15.9. The van der Waals surface area contributed by atoms with Crippen LogP contribution in [0, 0.1) is 11.3 Å². The van der Waals surface area contributed by atoms with E-state index in [1.54, 1.807) is 0 Å². The maximum atomic E-state index is 9.17. The Hall–Kier alpha value is -2.02. The van der Waals surface area contributed by atoms with Gasteiger partial charge in [-0.15, -0.1) is 0 Å². The molecule has 1 aliphatic rings. The van der Waals surface area contributed by atoms with E-state index in [4.69, 9.17) is 21.6 Å². The molecule has 0 radical (unpaired) electrons. The Labute approximate surface area is 142 Å². The van der Waals surface area contributed by atoms with Gasteiger partial charge in [0.25, 0.3) is 0 Å². The average molecular weight is 327 g/mol. The van der Waals surface area contributed by atoms with Gasteiger partial charge in [0, 0.05) is 22.7 Å². The molecule has 3 rings (SSSR count). The van der Waals surface area contributed by atoms with E-state index in [-0.39, 0.29) is 0 Å². The van der Waals surface area contributed by atoms with Gasteiger partial charge in [-0.05, 0) is 50.2 Å². The van der Waals surface area contributed by atoms with Crippen molar-refractivity contribution >= 4 is 11.6 Å². The van der Waals surface area contributed by atoms with E-state index in [2.05, 4.69) is 11.0 Å². The summed E-state index contributed by atoms with van der Waals surface area (Å²) in [7, 11) is 0. The number of rotatable bonds is 5. The summed E-state index contributed by atoms with van der Waals surface area (Å²) in [6.07, 6.45) is 2.51. The maximum Gasteiger partial charge on any atom is 0.124 e. The van der Waals surface area contributed by atoms with Crippen LogP contribution in [0.2, 0.25) is 5.02 Å². The van der Waals surface area contributed by atoms with Gasteiger partial charge < -0.3 is 4.74 Å². The Morgan fingerprint density at radius 2 is 1.87 bits per heavy atom. The Balaban J connectivity index is 1.75. The molecule has 0 spiro atoms. The number of hydrogen-bond donors (Lipinski definition) is 0. The number of halogens is 1. The van der Waals surface area contributed by atoms with Crippen LogP contribution in [0.25, 0.3) is 0 Å². The van der Waals surface area contributed by atoms with Crippen LogP contribution >= 0.6 is 11.6 Å². The molecule has 1 saturated heterocycles. The minimum absolute atomic E-state index is 0.387. The van der Waals surface area contributed by atoms with Gasteiger partial charge in [-0.3, -0.25) is 4.90 Å². The standard InChI is InChI=1S/C19H19ClN2O/c20-18-7-8-19(17(11-18)13-22-9-3-4-10-22)23-14-16-6-2-1-5-15(16)12-21/h1-2,5-8,11H,3-4,9-10,13-14H2. The highest BCUT2D eigenvalue weighted by molar-refractivity contribution is 6.30. The molecular weight excluding hydrogens is 308 g/mol. The maximum absolute atomic E-state index is 9.17. The predicted molar refractivity (Wildman–Crippen MR) is 91.5 cm³/mol. The monoisotopic (exact) mass is 326 g/mol. The smallest absolute Gasteiger partial charge is 0.124 e. The number of likely N-dealkylation sites (tertiary alicyclic amines) is 1. The lowest BCUT2D eigenvalue weighted by Gasteiger charge is -2.18. The first-order valence-corrected chi connectivity index (χ1v) is 8.25. The molecule has 0 aliphatic carbocycles. The summed E-state index contributed by atoms with van der Waals surface area (Å²) < 4.78 is 5.99. The fourth-order valence-electron chi connectivity index (χ4n) is 2.90. The normalized spacial score (nSPS) is 14.6. The summed E-state index contributed by atoms with van der Waals surface area (Å²) in [4.78, 5) is 2.42. The van der Waals surface area contributed by atoms with E-state index < -0.39 is 0 Å². The van der Waals surface area contributed by atoms with Gasteiger partial charge in [-0.1, -0.05) is 29.8 Å². The number of ether oxygens (including phenoxy) is 1. The van der Waals surface area contributed by atoms with Crippen molar-refractivity contribution in [1.82, 2.24) is 4.90 Å². The molecule has 0 unspecified atom stereocenters. The number of nitriles is 1. The molecule has 1 heterocycles. The van der Waals surface area contributed by atoms with Crippen LogP contribution in [0.15, 0.2) is 42.5 Å². The van der Waals surface area contributed by atoms with Gasteiger partial charge in [-0.2, -0.15) is 5.26 Å². The van der Waals surface area contributed by atoms with Crippen molar-refractivity contribution in [3.8, 4) is 11.8 Å². The molecule has 118 valence electrons. The second-order valence-electron chi connectivity index (χ2n) is 5.79. The van der Waals surface area contributed by atoms with Gasteiger partial charge in [0.1, 0.15) is 12.4 Å². The third-order valence-corrected chi connectivity index (χ3v) is 4.37. The van der Waals surface area contributed by atoms with Gasteiger partial charge in [0.05, 0.1) is 11.6 Å². The Kier molecular flexibility index (Phi) is 5.17. The molecule has 0 atom stereocenters. The van der Waals surface area contributed by atoms with Gasteiger partial charge in [-0.25, -0.2) is 0 Å². The molecular formula is C19H19ClN2O. The lowest BCUT2D eigenvalue weighted by Crippen LogP contribution is -2.19. The van der Waals surface area contributed by atoms with Crippen LogP contribution in [-0.4, -0.2) is 18.0 Å². The zero-order valence-corrected chi connectivity index (χ0v) is 13.7. The van der Waals surface area contributed by atoms with E-state index in [0.29, 0.717) is 12.2 Å². The summed E-state index contributed by atoms with van der Waals surface area (Å²) in [5.74, 6) is 0.842. The number of nitrogens with zero attached hydrogens (tertiary/aromatic N) is 2. The third kappa shape index (κ3) is 4.04. The first-order valence-electron chi connectivity index (χ1n) is 7.88. The Morgan fingerprint density at radius 3 is 2.65 bits per heavy atom. The quantitative estimate of drug-likeness (QED) is 0.817. The number of hydrogen-bond acceptors (Lipinski definition) is 3. The summed E-state index contributed by atoms with van der Waals surface area (Å²) >= 11 is 6.15. The molecule has 0 N–H and O–H groups in total. The van der Waals surface area contributed by atoms with Gasteiger partial charge in [0.2, 0.25) is 0 Å². The first-order chi connectivity index (χ1) is 11.3. The molecule has 1 aliphatic heterocycles. The van der Waals surface area contributed by atoms with Gasteiger partial charge >= 0.3 is 0 Å². The van der Waals surface area contributed by atoms with E-state index in [0.717, 1.165) is 41.5 Å². The van der Waals surface area contributed by atoms with Crippen molar-refractivity contribution in [2.45, 2.75) is 26.0 Å². The average Bonchev–Trinajstić information content (AvgIpc) is 3.07. The molecule has 3 nitrogen and oxygen atoms in total. The van der Waals surface area contributed by atoms with E-state index in [9.17, 15) is 0 Å². The van der Waals surface area contributed by atoms with E-state index in [1.807, 2.05) is 42.5 Å². The molecule has 0 bridgehead atoms. The fourth-order valence-corrected chi connectivity index (χ4v) is 3.10. The highest BCUT2D eigenvalue weighted by Gasteiger charge is 2.15. The second-order valence-corrected chi connectivity index (χ2v) is 6.23. The van der Waals surface area contributed by atoms with Crippen molar-refractivity contribution in [1.29, 1.82) is 5.26 Å². The summed E-state index contributed by atoms with van der Waals surface area (Å²) in [5, 5.41) is 9.89. The molecule has 0 saturated carbocycles. The van der Waals surface area contributed by atoms with Crippen molar-refractivity contribution in [3.05, 3.63) is 64.2 Å². The molecule has 23 heavy (non-hydrogen) atoms. The summed E-state index contributed by atoms with van der Waals surface area (Å²) in [5.41, 5.74) is 2.66. The van der Waals surface area contributed by atoms with Crippen LogP contribution in [0.3, 0.4) is 0 Å². The molecule has 4 heteroatoms. The Bertz CT molecular complexity index is 718. The zero-order chi connectivity index (χ0) is 16.1. The highest BCUT2D eigenvalue weighted by Crippen LogP contribution is 2.26. The molecule has 0 amide bonds. The van der Waals surface area contributed by atoms with Gasteiger partial charge in [0.15, 0.2) is 0 Å².